The summed E-state index contributed by atoms with van der Waals surface area (Å²) in [5, 5.41) is 9.05. The van der Waals surface area contributed by atoms with Crippen molar-refractivity contribution in [3.8, 4) is 0 Å². The average Bonchev–Trinajstić information content (AvgIpc) is 2.35. The Labute approximate surface area is 111 Å². The quantitative estimate of drug-likeness (QED) is 0.431. The topological polar surface area (TPSA) is 55.8 Å². The van der Waals surface area contributed by atoms with Gasteiger partial charge in [-0.3, -0.25) is 4.79 Å². The van der Waals surface area contributed by atoms with Gasteiger partial charge in [-0.2, -0.15) is 0 Å². The number of carboxylic acids is 1. The molecule has 0 aliphatic rings. The molecule has 0 heterocycles. The standard InChI is InChI=1S/C14H28O4/c1-4-7-9-17-13(18-10-8-5-2)11-12(6-3)14(15)16/h12-13H,4-11H2,1-3H3,(H,15,16). The fraction of sp³-hybridized carbons (Fsp3) is 0.929. The Balaban J connectivity index is 4.11. The summed E-state index contributed by atoms with van der Waals surface area (Å²) in [4.78, 5) is 11.0. The lowest BCUT2D eigenvalue weighted by atomic mass is 10.0. The van der Waals surface area contributed by atoms with E-state index in [1.54, 1.807) is 0 Å². The van der Waals surface area contributed by atoms with Gasteiger partial charge in [0.1, 0.15) is 0 Å². The maximum atomic E-state index is 11.0. The molecule has 0 radical (unpaired) electrons. The first-order valence-electron chi connectivity index (χ1n) is 7.11. The van der Waals surface area contributed by atoms with E-state index in [1.165, 1.54) is 0 Å². The Kier molecular flexibility index (Phi) is 11.1. The second-order valence-electron chi connectivity index (χ2n) is 4.56. The molecular weight excluding hydrogens is 232 g/mol. The van der Waals surface area contributed by atoms with Gasteiger partial charge >= 0.3 is 5.97 Å². The molecule has 0 rings (SSSR count). The molecule has 4 nitrogen and oxygen atoms in total. The molecule has 0 aliphatic carbocycles. The summed E-state index contributed by atoms with van der Waals surface area (Å²) in [6, 6.07) is 0. The lowest BCUT2D eigenvalue weighted by Crippen LogP contribution is -2.26. The Morgan fingerprint density at radius 3 is 1.89 bits per heavy atom. The molecule has 0 aliphatic heterocycles. The summed E-state index contributed by atoms with van der Waals surface area (Å²) in [5.74, 6) is -1.14. The molecule has 0 saturated heterocycles. The first-order chi connectivity index (χ1) is 8.65. The van der Waals surface area contributed by atoms with E-state index in [0.29, 0.717) is 26.1 Å². The van der Waals surface area contributed by atoms with Crippen LogP contribution < -0.4 is 0 Å². The monoisotopic (exact) mass is 260 g/mol. The van der Waals surface area contributed by atoms with Crippen molar-refractivity contribution in [3.63, 3.8) is 0 Å². The van der Waals surface area contributed by atoms with Gasteiger partial charge in [-0.05, 0) is 19.3 Å². The highest BCUT2D eigenvalue weighted by atomic mass is 16.7. The highest BCUT2D eigenvalue weighted by Gasteiger charge is 2.21. The Morgan fingerprint density at radius 2 is 1.56 bits per heavy atom. The number of carboxylic acid groups (broad SMARTS) is 1. The van der Waals surface area contributed by atoms with Crippen LogP contribution in [-0.2, 0) is 14.3 Å². The molecule has 108 valence electrons. The van der Waals surface area contributed by atoms with Gasteiger partial charge in [0.2, 0.25) is 0 Å². The van der Waals surface area contributed by atoms with Gasteiger partial charge in [0.15, 0.2) is 6.29 Å². The van der Waals surface area contributed by atoms with E-state index in [9.17, 15) is 4.79 Å². The molecule has 0 bridgehead atoms. The van der Waals surface area contributed by atoms with Crippen LogP contribution in [-0.4, -0.2) is 30.6 Å². The molecule has 0 aromatic carbocycles. The van der Waals surface area contributed by atoms with E-state index < -0.39 is 5.97 Å². The van der Waals surface area contributed by atoms with E-state index in [2.05, 4.69) is 13.8 Å². The van der Waals surface area contributed by atoms with E-state index in [4.69, 9.17) is 14.6 Å². The zero-order valence-corrected chi connectivity index (χ0v) is 12.0. The summed E-state index contributed by atoms with van der Waals surface area (Å²) in [6.07, 6.45) is 4.79. The fourth-order valence-corrected chi connectivity index (χ4v) is 1.58. The summed E-state index contributed by atoms with van der Waals surface area (Å²) in [7, 11) is 0. The SMILES string of the molecule is CCCCOC(CC(CC)C(=O)O)OCCCC. The maximum absolute atomic E-state index is 11.0. The van der Waals surface area contributed by atoms with Crippen LogP contribution in [0.25, 0.3) is 0 Å². The van der Waals surface area contributed by atoms with Crippen LogP contribution in [0.1, 0.15) is 59.3 Å². The first kappa shape index (κ1) is 17.4. The molecule has 4 heteroatoms. The van der Waals surface area contributed by atoms with Crippen molar-refractivity contribution >= 4 is 5.97 Å². The number of carbonyl (C=O) groups is 1. The third-order valence-electron chi connectivity index (χ3n) is 2.92. The molecule has 0 amide bonds. The van der Waals surface area contributed by atoms with Gasteiger partial charge in [0, 0.05) is 19.6 Å². The smallest absolute Gasteiger partial charge is 0.306 e. The number of unbranched alkanes of at least 4 members (excludes halogenated alkanes) is 2. The van der Waals surface area contributed by atoms with Crippen LogP contribution in [0, 0.1) is 5.92 Å². The lowest BCUT2D eigenvalue weighted by Gasteiger charge is -2.21. The lowest BCUT2D eigenvalue weighted by molar-refractivity contribution is -0.165. The highest BCUT2D eigenvalue weighted by molar-refractivity contribution is 5.69. The minimum Gasteiger partial charge on any atom is -0.481 e. The van der Waals surface area contributed by atoms with Crippen LogP contribution >= 0.6 is 0 Å². The zero-order valence-electron chi connectivity index (χ0n) is 12.0. The van der Waals surface area contributed by atoms with Gasteiger partial charge in [0.25, 0.3) is 0 Å². The van der Waals surface area contributed by atoms with E-state index in [-0.39, 0.29) is 12.2 Å². The molecule has 1 N–H and O–H groups in total. The normalized spacial score (nSPS) is 12.9. The van der Waals surface area contributed by atoms with Crippen molar-refractivity contribution in [1.29, 1.82) is 0 Å². The van der Waals surface area contributed by atoms with Crippen LogP contribution in [0.5, 0.6) is 0 Å². The fourth-order valence-electron chi connectivity index (χ4n) is 1.58. The van der Waals surface area contributed by atoms with Crippen LogP contribution in [0.4, 0.5) is 0 Å². The van der Waals surface area contributed by atoms with Gasteiger partial charge in [-0.15, -0.1) is 0 Å². The van der Waals surface area contributed by atoms with Crippen molar-refractivity contribution in [2.45, 2.75) is 65.6 Å². The van der Waals surface area contributed by atoms with Crippen molar-refractivity contribution < 1.29 is 19.4 Å². The average molecular weight is 260 g/mol. The van der Waals surface area contributed by atoms with Gasteiger partial charge in [-0.1, -0.05) is 33.6 Å². The number of rotatable bonds is 12. The molecule has 1 atom stereocenters. The van der Waals surface area contributed by atoms with Crippen molar-refractivity contribution in [2.75, 3.05) is 13.2 Å². The second kappa shape index (κ2) is 11.5. The maximum Gasteiger partial charge on any atom is 0.306 e. The van der Waals surface area contributed by atoms with E-state index in [1.807, 2.05) is 6.92 Å². The first-order valence-corrected chi connectivity index (χ1v) is 7.11. The van der Waals surface area contributed by atoms with Crippen LogP contribution in [0.2, 0.25) is 0 Å². The predicted octanol–water partition coefficient (Wildman–Crippen LogP) is 3.45. The largest absolute Gasteiger partial charge is 0.481 e. The van der Waals surface area contributed by atoms with Crippen molar-refractivity contribution in [2.24, 2.45) is 5.92 Å². The summed E-state index contributed by atoms with van der Waals surface area (Å²) in [5.41, 5.74) is 0. The van der Waals surface area contributed by atoms with E-state index >= 15 is 0 Å². The highest BCUT2D eigenvalue weighted by Crippen LogP contribution is 2.15. The predicted molar refractivity (Wildman–Crippen MR) is 71.5 cm³/mol. The zero-order chi connectivity index (χ0) is 13.8. The van der Waals surface area contributed by atoms with Crippen molar-refractivity contribution in [1.82, 2.24) is 0 Å². The Hall–Kier alpha value is -0.610. The number of hydrogen-bond donors (Lipinski definition) is 1. The van der Waals surface area contributed by atoms with Crippen LogP contribution in [0.3, 0.4) is 0 Å². The van der Waals surface area contributed by atoms with E-state index in [0.717, 1.165) is 25.7 Å². The summed E-state index contributed by atoms with van der Waals surface area (Å²) >= 11 is 0. The molecule has 18 heavy (non-hydrogen) atoms. The van der Waals surface area contributed by atoms with Crippen molar-refractivity contribution in [3.05, 3.63) is 0 Å². The summed E-state index contributed by atoms with van der Waals surface area (Å²) in [6.45, 7) is 7.37. The summed E-state index contributed by atoms with van der Waals surface area (Å²) < 4.78 is 11.3. The third-order valence-corrected chi connectivity index (χ3v) is 2.92. The molecule has 0 fully saturated rings. The molecule has 0 spiro atoms. The molecular formula is C14H28O4. The molecule has 1 unspecified atom stereocenters. The van der Waals surface area contributed by atoms with Crippen LogP contribution in [0.15, 0.2) is 0 Å². The van der Waals surface area contributed by atoms with Gasteiger partial charge in [-0.25, -0.2) is 0 Å². The molecule has 0 saturated carbocycles. The number of hydrogen-bond acceptors (Lipinski definition) is 3. The minimum atomic E-state index is -0.763. The second-order valence-corrected chi connectivity index (χ2v) is 4.56. The van der Waals surface area contributed by atoms with Gasteiger partial charge < -0.3 is 14.6 Å². The Bertz CT molecular complexity index is 196. The minimum absolute atomic E-state index is 0.371. The van der Waals surface area contributed by atoms with Gasteiger partial charge in [0.05, 0.1) is 5.92 Å². The Morgan fingerprint density at radius 1 is 1.06 bits per heavy atom. The number of aliphatic carboxylic acids is 1. The number of ether oxygens (including phenoxy) is 2. The third kappa shape index (κ3) is 8.48. The molecule has 0 aromatic rings. The molecule has 0 aromatic heterocycles.